The monoisotopic (exact) mass is 697 g/mol. The fourth-order valence-corrected chi connectivity index (χ4v) is 6.50. The zero-order valence-electron chi connectivity index (χ0n) is 27.0. The van der Waals surface area contributed by atoms with Gasteiger partial charge in [0.25, 0.3) is 11.5 Å². The lowest BCUT2D eigenvalue weighted by molar-refractivity contribution is -0.126. The van der Waals surface area contributed by atoms with Crippen LogP contribution in [0.1, 0.15) is 13.3 Å². The third-order valence-corrected chi connectivity index (χ3v) is 9.08. The molecule has 2 N–H and O–H groups in total. The first kappa shape index (κ1) is 35.0. The molecule has 0 radical (unpaired) electrons. The predicted octanol–water partition coefficient (Wildman–Crippen LogP) is 2.82. The number of anilines is 1. The predicted molar refractivity (Wildman–Crippen MR) is 184 cm³/mol. The fraction of sp³-hybridized carbons (Fsp3) is 0.424. The molecule has 0 spiro atoms. The second-order valence-electron chi connectivity index (χ2n) is 11.2. The Labute approximate surface area is 288 Å². The number of ether oxygens (including phenoxy) is 3. The highest BCUT2D eigenvalue weighted by Crippen LogP contribution is 2.45. The van der Waals surface area contributed by atoms with Crippen molar-refractivity contribution in [1.29, 1.82) is 0 Å². The molecule has 48 heavy (non-hydrogen) atoms. The number of hydrogen-bond acceptors (Lipinski definition) is 10. The number of benzene rings is 1. The number of halogens is 2. The maximum absolute atomic E-state index is 14.3. The Morgan fingerprint density at radius 2 is 1.77 bits per heavy atom. The van der Waals surface area contributed by atoms with Crippen molar-refractivity contribution < 1.29 is 23.8 Å². The van der Waals surface area contributed by atoms with Gasteiger partial charge >= 0.3 is 0 Å². The molecule has 3 aromatic rings. The van der Waals surface area contributed by atoms with Crippen LogP contribution in [0.3, 0.4) is 0 Å². The summed E-state index contributed by atoms with van der Waals surface area (Å²) >= 11 is 13.5. The van der Waals surface area contributed by atoms with Crippen LogP contribution in [0.2, 0.25) is 10.0 Å². The van der Waals surface area contributed by atoms with E-state index in [1.165, 1.54) is 20.3 Å². The molecule has 15 heteroatoms. The number of aryl methyl sites for hydroxylation is 1. The number of methoxy groups -OCH3 is 2. The first-order valence-electron chi connectivity index (χ1n) is 15.4. The highest BCUT2D eigenvalue weighted by Gasteiger charge is 2.30. The summed E-state index contributed by atoms with van der Waals surface area (Å²) in [5.74, 6) is 5.65. The minimum atomic E-state index is -0.361. The number of pyridine rings is 1. The Bertz CT molecular complexity index is 1800. The van der Waals surface area contributed by atoms with Gasteiger partial charge in [-0.15, -0.1) is 0 Å². The quantitative estimate of drug-likeness (QED) is 0.227. The molecule has 13 nitrogen and oxygen atoms in total. The zero-order valence-corrected chi connectivity index (χ0v) is 28.5. The Hall–Kier alpha value is -4.35. The molecule has 2 saturated heterocycles. The lowest BCUT2D eigenvalue weighted by Gasteiger charge is -2.33. The number of rotatable bonds is 11. The number of aromatic nitrogens is 3. The van der Waals surface area contributed by atoms with Gasteiger partial charge in [0.15, 0.2) is 0 Å². The zero-order chi connectivity index (χ0) is 34.4. The normalized spacial score (nSPS) is 17.8. The molecule has 2 amide bonds. The van der Waals surface area contributed by atoms with Gasteiger partial charge in [-0.05, 0) is 38.0 Å². The van der Waals surface area contributed by atoms with Crippen molar-refractivity contribution in [2.75, 3.05) is 65.5 Å². The van der Waals surface area contributed by atoms with Crippen molar-refractivity contribution in [3.05, 3.63) is 51.4 Å². The summed E-state index contributed by atoms with van der Waals surface area (Å²) in [6, 6.07) is 2.59. The molecule has 2 aromatic heterocycles. The van der Waals surface area contributed by atoms with Gasteiger partial charge in [-0.25, -0.2) is 4.98 Å². The Morgan fingerprint density at radius 1 is 1.08 bits per heavy atom. The topological polar surface area (TPSA) is 140 Å². The number of amides is 2. The summed E-state index contributed by atoms with van der Waals surface area (Å²) in [7, 11) is 2.93. The van der Waals surface area contributed by atoms with Gasteiger partial charge in [-0.3, -0.25) is 23.9 Å². The Balaban J connectivity index is 1.48. The van der Waals surface area contributed by atoms with E-state index >= 15 is 0 Å². The van der Waals surface area contributed by atoms with Crippen LogP contribution in [0.4, 0.5) is 5.95 Å². The first-order valence-corrected chi connectivity index (χ1v) is 16.2. The van der Waals surface area contributed by atoms with E-state index in [0.29, 0.717) is 81.4 Å². The van der Waals surface area contributed by atoms with Gasteiger partial charge in [0.05, 0.1) is 55.1 Å². The van der Waals surface area contributed by atoms with Crippen molar-refractivity contribution in [1.82, 2.24) is 29.7 Å². The molecule has 0 aliphatic carbocycles. The summed E-state index contributed by atoms with van der Waals surface area (Å²) < 4.78 is 18.1. The van der Waals surface area contributed by atoms with E-state index in [0.717, 1.165) is 0 Å². The largest absolute Gasteiger partial charge is 0.495 e. The fourth-order valence-electron chi connectivity index (χ4n) is 5.80. The number of hydrogen-bond donors (Lipinski definition) is 2. The van der Waals surface area contributed by atoms with Crippen LogP contribution in [-0.2, 0) is 20.9 Å². The highest BCUT2D eigenvalue weighted by atomic mass is 35.5. The van der Waals surface area contributed by atoms with Gasteiger partial charge in [0.1, 0.15) is 17.1 Å². The molecule has 2 fully saturated rings. The van der Waals surface area contributed by atoms with Crippen molar-refractivity contribution in [2.45, 2.75) is 32.0 Å². The molecule has 4 heterocycles. The van der Waals surface area contributed by atoms with Crippen LogP contribution in [-0.4, -0.2) is 108 Å². The molecule has 0 saturated carbocycles. The maximum atomic E-state index is 14.3. The van der Waals surface area contributed by atoms with E-state index in [-0.39, 0.29) is 56.6 Å². The van der Waals surface area contributed by atoms with Crippen molar-refractivity contribution in [3.63, 3.8) is 0 Å². The van der Waals surface area contributed by atoms with Crippen LogP contribution < -0.4 is 25.7 Å². The standard InChI is InChI=1S/C33H37Cl2N7O6/c1-5-8-27(44)41-13-11-40(12-14-41)9-7-10-42-31-20(17-36-33(39-31)38-23-19-48-18-22(23)37-26(43)6-2)15-21(32(42)45)28-29(34)24(46-3)16-25(47-4)30(28)35/h6,15-17,22-23H,2,7,9-14,18-19H2,1,3-4H3,(H,37,43)(H,36,38,39). The van der Waals surface area contributed by atoms with Crippen LogP contribution in [0.5, 0.6) is 11.5 Å². The molecular weight excluding hydrogens is 661 g/mol. The average Bonchev–Trinajstić information content (AvgIpc) is 3.52. The van der Waals surface area contributed by atoms with Crippen LogP contribution in [0.15, 0.2) is 35.8 Å². The molecule has 2 atom stereocenters. The first-order chi connectivity index (χ1) is 23.2. The van der Waals surface area contributed by atoms with E-state index < -0.39 is 0 Å². The molecular formula is C33H37Cl2N7O6. The number of nitrogens with zero attached hydrogens (tertiary/aromatic N) is 5. The number of fused-ring (bicyclic) bond motifs is 1. The number of carbonyl (C=O) groups is 2. The van der Waals surface area contributed by atoms with Crippen molar-refractivity contribution in [2.24, 2.45) is 0 Å². The van der Waals surface area contributed by atoms with E-state index in [2.05, 4.69) is 38.9 Å². The minimum absolute atomic E-state index is 0.166. The third kappa shape index (κ3) is 7.52. The second-order valence-corrected chi connectivity index (χ2v) is 12.0. The smallest absolute Gasteiger partial charge is 0.298 e. The highest BCUT2D eigenvalue weighted by molar-refractivity contribution is 6.41. The average molecular weight is 699 g/mol. The molecule has 2 unspecified atom stereocenters. The van der Waals surface area contributed by atoms with E-state index in [1.54, 1.807) is 34.7 Å². The molecule has 2 aliphatic heterocycles. The van der Waals surface area contributed by atoms with Crippen molar-refractivity contribution in [3.8, 4) is 34.5 Å². The van der Waals surface area contributed by atoms with E-state index in [1.807, 2.05) is 0 Å². The van der Waals surface area contributed by atoms with Gasteiger partial charge < -0.3 is 29.7 Å². The number of piperazine rings is 1. The summed E-state index contributed by atoms with van der Waals surface area (Å²) in [4.78, 5) is 51.7. The lowest BCUT2D eigenvalue weighted by atomic mass is 10.0. The number of nitrogens with one attached hydrogen (secondary N) is 2. The van der Waals surface area contributed by atoms with Gasteiger partial charge in [-0.2, -0.15) is 4.98 Å². The van der Waals surface area contributed by atoms with E-state index in [4.69, 9.17) is 42.4 Å². The second kappa shape index (κ2) is 15.7. The third-order valence-electron chi connectivity index (χ3n) is 8.33. The minimum Gasteiger partial charge on any atom is -0.495 e. The molecule has 2 aliphatic rings. The number of carbonyl (C=O) groups excluding carboxylic acids is 2. The summed E-state index contributed by atoms with van der Waals surface area (Å²) in [5, 5.41) is 7.01. The van der Waals surface area contributed by atoms with Gasteiger partial charge in [0.2, 0.25) is 11.9 Å². The van der Waals surface area contributed by atoms with E-state index in [9.17, 15) is 14.4 Å². The Kier molecular flexibility index (Phi) is 11.4. The summed E-state index contributed by atoms with van der Waals surface area (Å²) in [5.41, 5.74) is 0.555. The molecule has 0 bridgehead atoms. The molecule has 5 rings (SSSR count). The summed E-state index contributed by atoms with van der Waals surface area (Å²) in [6.07, 6.45) is 3.43. The Morgan fingerprint density at radius 3 is 2.42 bits per heavy atom. The molecule has 254 valence electrons. The summed E-state index contributed by atoms with van der Waals surface area (Å²) in [6.45, 7) is 9.38. The lowest BCUT2D eigenvalue weighted by Crippen LogP contribution is -2.48. The van der Waals surface area contributed by atoms with Crippen molar-refractivity contribution >= 4 is 52.0 Å². The SMILES string of the molecule is C=CC(=O)NC1COCC1Nc1ncc2cc(-c3c(Cl)c(OC)cc(OC)c3Cl)c(=O)n(CCCN3CCN(C(=O)C#CC)CC3)c2n1. The van der Waals surface area contributed by atoms with Gasteiger partial charge in [-0.1, -0.05) is 35.7 Å². The molecule has 1 aromatic carbocycles. The van der Waals surface area contributed by atoms with Crippen LogP contribution >= 0.6 is 23.2 Å². The van der Waals surface area contributed by atoms with Gasteiger partial charge in [0, 0.05) is 55.9 Å². The van der Waals surface area contributed by atoms with Crippen LogP contribution in [0, 0.1) is 11.8 Å². The maximum Gasteiger partial charge on any atom is 0.298 e. The van der Waals surface area contributed by atoms with Crippen LogP contribution in [0.25, 0.3) is 22.2 Å².